The maximum absolute atomic E-state index is 10.5. The lowest BCUT2D eigenvalue weighted by Crippen LogP contribution is -2.08. The molecule has 0 atom stereocenters. The van der Waals surface area contributed by atoms with Crippen LogP contribution in [-0.2, 0) is 4.79 Å². The first kappa shape index (κ1) is 7.85. The molecule has 0 saturated heterocycles. The predicted molar refractivity (Wildman–Crippen MR) is 42.6 cm³/mol. The Labute approximate surface area is 65.4 Å². The van der Waals surface area contributed by atoms with Crippen molar-refractivity contribution in [2.75, 3.05) is 11.9 Å². The molecule has 1 rings (SSSR count). The van der Waals surface area contributed by atoms with Crippen molar-refractivity contribution in [2.24, 2.45) is 0 Å². The van der Waals surface area contributed by atoms with Gasteiger partial charge in [-0.1, -0.05) is 0 Å². The van der Waals surface area contributed by atoms with Crippen molar-refractivity contribution >= 4 is 11.7 Å². The summed E-state index contributed by atoms with van der Waals surface area (Å²) in [5, 5.41) is 2.85. The molecule has 0 aliphatic heterocycles. The molecule has 3 nitrogen and oxygen atoms in total. The molecule has 1 N–H and O–H groups in total. The van der Waals surface area contributed by atoms with Gasteiger partial charge in [0, 0.05) is 6.07 Å². The van der Waals surface area contributed by atoms with Crippen LogP contribution in [0.4, 0.5) is 5.88 Å². The highest BCUT2D eigenvalue weighted by Crippen LogP contribution is 2.10. The predicted octanol–water partition coefficient (Wildman–Crippen LogP) is 1.59. The topological polar surface area (TPSA) is 42.2 Å². The van der Waals surface area contributed by atoms with Gasteiger partial charge in [0.25, 0.3) is 0 Å². The zero-order valence-corrected chi connectivity index (χ0v) is 6.68. The summed E-state index contributed by atoms with van der Waals surface area (Å²) < 4.78 is 5.17. The molecule has 0 amide bonds. The van der Waals surface area contributed by atoms with E-state index in [2.05, 4.69) is 5.32 Å². The van der Waals surface area contributed by atoms with Crippen LogP contribution >= 0.6 is 0 Å². The number of Topliss-reactive ketones (excluding diaryl/α,β-unsaturated/α-hetero) is 1. The monoisotopic (exact) mass is 153 g/mol. The van der Waals surface area contributed by atoms with E-state index < -0.39 is 0 Å². The van der Waals surface area contributed by atoms with Crippen LogP contribution in [0.15, 0.2) is 16.5 Å². The minimum atomic E-state index is 0.0963. The van der Waals surface area contributed by atoms with Gasteiger partial charge in [-0.25, -0.2) is 0 Å². The van der Waals surface area contributed by atoms with Gasteiger partial charge in [0.15, 0.2) is 5.88 Å². The second kappa shape index (κ2) is 3.23. The number of hydrogen-bond acceptors (Lipinski definition) is 3. The molecule has 0 aromatic carbocycles. The minimum Gasteiger partial charge on any atom is -0.446 e. The molecule has 0 fully saturated rings. The lowest BCUT2D eigenvalue weighted by Gasteiger charge is -1.96. The van der Waals surface area contributed by atoms with Crippen LogP contribution < -0.4 is 5.32 Å². The third-order valence-electron chi connectivity index (χ3n) is 1.25. The number of carbonyl (C=O) groups is 1. The first-order valence-corrected chi connectivity index (χ1v) is 3.48. The summed E-state index contributed by atoms with van der Waals surface area (Å²) in [6, 6.07) is 3.65. The molecule has 0 spiro atoms. The Morgan fingerprint density at radius 1 is 1.64 bits per heavy atom. The van der Waals surface area contributed by atoms with Crippen LogP contribution in [0.2, 0.25) is 0 Å². The summed E-state index contributed by atoms with van der Waals surface area (Å²) in [5.74, 6) is 1.59. The number of rotatable bonds is 3. The maximum Gasteiger partial charge on any atom is 0.193 e. The van der Waals surface area contributed by atoms with Crippen LogP contribution in [0, 0.1) is 6.92 Å². The van der Waals surface area contributed by atoms with Crippen LogP contribution in [0.3, 0.4) is 0 Å². The van der Waals surface area contributed by atoms with Crippen LogP contribution in [0.5, 0.6) is 0 Å². The standard InChI is InChI=1S/C8H11NO2/c1-6(10)5-9-8-4-3-7(2)11-8/h3-4,9H,5H2,1-2H3. The first-order valence-electron chi connectivity index (χ1n) is 3.48. The van der Waals surface area contributed by atoms with Crippen molar-refractivity contribution in [3.05, 3.63) is 17.9 Å². The van der Waals surface area contributed by atoms with Gasteiger partial charge in [0.05, 0.1) is 6.54 Å². The van der Waals surface area contributed by atoms with Crippen LogP contribution in [0.25, 0.3) is 0 Å². The molecule has 1 heterocycles. The van der Waals surface area contributed by atoms with Crippen LogP contribution in [-0.4, -0.2) is 12.3 Å². The second-order valence-corrected chi connectivity index (χ2v) is 2.47. The zero-order valence-electron chi connectivity index (χ0n) is 6.68. The van der Waals surface area contributed by atoms with E-state index in [1.807, 2.05) is 13.0 Å². The molecule has 0 saturated carbocycles. The van der Waals surface area contributed by atoms with Gasteiger partial charge in [0.2, 0.25) is 0 Å². The van der Waals surface area contributed by atoms with Gasteiger partial charge in [-0.15, -0.1) is 0 Å². The van der Waals surface area contributed by atoms with Crippen molar-refractivity contribution < 1.29 is 9.21 Å². The highest BCUT2D eigenvalue weighted by molar-refractivity contribution is 5.79. The lowest BCUT2D eigenvalue weighted by molar-refractivity contribution is -0.115. The molecule has 0 unspecified atom stereocenters. The quantitative estimate of drug-likeness (QED) is 0.717. The van der Waals surface area contributed by atoms with Gasteiger partial charge < -0.3 is 9.73 Å². The van der Waals surface area contributed by atoms with Crippen LogP contribution in [0.1, 0.15) is 12.7 Å². The van der Waals surface area contributed by atoms with Crippen molar-refractivity contribution in [3.63, 3.8) is 0 Å². The Balaban J connectivity index is 2.45. The molecule has 60 valence electrons. The molecule has 0 bridgehead atoms. The molecule has 1 aromatic heterocycles. The Hall–Kier alpha value is -1.25. The highest BCUT2D eigenvalue weighted by atomic mass is 16.4. The van der Waals surface area contributed by atoms with Crippen molar-refractivity contribution in [1.82, 2.24) is 0 Å². The largest absolute Gasteiger partial charge is 0.446 e. The van der Waals surface area contributed by atoms with Gasteiger partial charge >= 0.3 is 0 Å². The average Bonchev–Trinajstić information content (AvgIpc) is 2.31. The Kier molecular flexibility index (Phi) is 2.31. The fraction of sp³-hybridized carbons (Fsp3) is 0.375. The first-order chi connectivity index (χ1) is 5.18. The van der Waals surface area contributed by atoms with Gasteiger partial charge in [-0.05, 0) is 19.9 Å². The Bertz CT molecular complexity index is 252. The number of hydrogen-bond donors (Lipinski definition) is 1. The van der Waals surface area contributed by atoms with Gasteiger partial charge in [-0.2, -0.15) is 0 Å². The fourth-order valence-electron chi connectivity index (χ4n) is 0.741. The lowest BCUT2D eigenvalue weighted by atomic mass is 10.4. The van der Waals surface area contributed by atoms with Gasteiger partial charge in [0.1, 0.15) is 11.5 Å². The Morgan fingerprint density at radius 3 is 2.82 bits per heavy atom. The summed E-state index contributed by atoms with van der Waals surface area (Å²) in [5.41, 5.74) is 0. The zero-order chi connectivity index (χ0) is 8.27. The normalized spacial score (nSPS) is 9.64. The number of aryl methyl sites for hydroxylation is 1. The summed E-state index contributed by atoms with van der Waals surface area (Å²) in [6.07, 6.45) is 0. The number of nitrogens with one attached hydrogen (secondary N) is 1. The smallest absolute Gasteiger partial charge is 0.193 e. The molecule has 0 aliphatic carbocycles. The van der Waals surface area contributed by atoms with E-state index in [0.717, 1.165) is 5.76 Å². The molecule has 1 aromatic rings. The molecule has 0 radical (unpaired) electrons. The number of ketones is 1. The molecular weight excluding hydrogens is 142 g/mol. The minimum absolute atomic E-state index is 0.0963. The average molecular weight is 153 g/mol. The second-order valence-electron chi connectivity index (χ2n) is 2.47. The van der Waals surface area contributed by atoms with Gasteiger partial charge in [-0.3, -0.25) is 4.79 Å². The summed E-state index contributed by atoms with van der Waals surface area (Å²) >= 11 is 0. The number of furan rings is 1. The van der Waals surface area contributed by atoms with E-state index in [4.69, 9.17) is 4.42 Å². The van der Waals surface area contributed by atoms with E-state index in [1.165, 1.54) is 6.92 Å². The van der Waals surface area contributed by atoms with Crippen molar-refractivity contribution in [1.29, 1.82) is 0 Å². The maximum atomic E-state index is 10.5. The molecule has 11 heavy (non-hydrogen) atoms. The third kappa shape index (κ3) is 2.45. The summed E-state index contributed by atoms with van der Waals surface area (Å²) in [6.45, 7) is 3.72. The number of carbonyl (C=O) groups excluding carboxylic acids is 1. The highest BCUT2D eigenvalue weighted by Gasteiger charge is 1.97. The third-order valence-corrected chi connectivity index (χ3v) is 1.25. The van der Waals surface area contributed by atoms with E-state index >= 15 is 0 Å². The van der Waals surface area contributed by atoms with Crippen molar-refractivity contribution in [2.45, 2.75) is 13.8 Å². The van der Waals surface area contributed by atoms with E-state index in [9.17, 15) is 4.79 Å². The number of anilines is 1. The molecule has 0 aliphatic rings. The summed E-state index contributed by atoms with van der Waals surface area (Å²) in [4.78, 5) is 10.5. The van der Waals surface area contributed by atoms with Crippen molar-refractivity contribution in [3.8, 4) is 0 Å². The van der Waals surface area contributed by atoms with E-state index in [0.29, 0.717) is 12.4 Å². The summed E-state index contributed by atoms with van der Waals surface area (Å²) in [7, 11) is 0. The molecule has 3 heteroatoms. The fourth-order valence-corrected chi connectivity index (χ4v) is 0.741. The molecular formula is C8H11NO2. The van der Waals surface area contributed by atoms with E-state index in [-0.39, 0.29) is 5.78 Å². The SMILES string of the molecule is CC(=O)CNc1ccc(C)o1. The van der Waals surface area contributed by atoms with E-state index in [1.54, 1.807) is 6.07 Å². The Morgan fingerprint density at radius 2 is 2.36 bits per heavy atom.